The van der Waals surface area contributed by atoms with Gasteiger partial charge in [-0.15, -0.1) is 0 Å². The molecule has 0 radical (unpaired) electrons. The fourth-order valence-electron chi connectivity index (χ4n) is 3.35. The first-order valence-electron chi connectivity index (χ1n) is 10.7. The van der Waals surface area contributed by atoms with E-state index in [9.17, 15) is 4.79 Å². The van der Waals surface area contributed by atoms with Crippen LogP contribution >= 0.6 is 0 Å². The molecule has 33 heavy (non-hydrogen) atoms. The molecule has 6 heteroatoms. The molecule has 6 nitrogen and oxygen atoms in total. The van der Waals surface area contributed by atoms with Gasteiger partial charge in [-0.3, -0.25) is 4.98 Å². The van der Waals surface area contributed by atoms with Crippen LogP contribution in [0.4, 0.5) is 0 Å². The summed E-state index contributed by atoms with van der Waals surface area (Å²) in [7, 11) is 1.38. The third-order valence-electron chi connectivity index (χ3n) is 5.15. The van der Waals surface area contributed by atoms with E-state index in [1.54, 1.807) is 18.5 Å². The van der Waals surface area contributed by atoms with Crippen LogP contribution in [-0.4, -0.2) is 24.3 Å². The molecule has 0 aliphatic carbocycles. The fourth-order valence-corrected chi connectivity index (χ4v) is 3.35. The molecule has 0 fully saturated rings. The predicted octanol–water partition coefficient (Wildman–Crippen LogP) is 5.40. The summed E-state index contributed by atoms with van der Waals surface area (Å²) in [6.45, 7) is 6.44. The van der Waals surface area contributed by atoms with Gasteiger partial charge in [0, 0.05) is 6.20 Å². The number of hydrogen-bond acceptors (Lipinski definition) is 6. The van der Waals surface area contributed by atoms with Crippen molar-refractivity contribution in [1.82, 2.24) is 4.98 Å². The predicted molar refractivity (Wildman–Crippen MR) is 129 cm³/mol. The van der Waals surface area contributed by atoms with Gasteiger partial charge in [-0.1, -0.05) is 41.6 Å². The third kappa shape index (κ3) is 6.29. The Morgan fingerprint density at radius 3 is 2.55 bits per heavy atom. The number of oxime groups is 1. The highest BCUT2D eigenvalue weighted by Crippen LogP contribution is 2.26. The quantitative estimate of drug-likeness (QED) is 0.191. The average molecular weight is 445 g/mol. The van der Waals surface area contributed by atoms with Crippen molar-refractivity contribution in [2.75, 3.05) is 7.11 Å². The molecule has 3 aromatic rings. The second kappa shape index (κ2) is 11.6. The maximum atomic E-state index is 12.1. The topological polar surface area (TPSA) is 70.0 Å². The minimum absolute atomic E-state index is 0.315. The number of rotatable bonds is 9. The molecule has 0 N–H and O–H groups in total. The number of allylic oxidation sites excluding steroid dienone is 1. The van der Waals surface area contributed by atoms with Crippen molar-refractivity contribution in [3.8, 4) is 5.75 Å². The maximum absolute atomic E-state index is 12.1. The number of nitrogens with zero attached hydrogens (tertiary/aromatic N) is 2. The van der Waals surface area contributed by atoms with Crippen molar-refractivity contribution >= 4 is 17.8 Å². The van der Waals surface area contributed by atoms with Gasteiger partial charge in [0.2, 0.25) is 0 Å². The zero-order valence-corrected chi connectivity index (χ0v) is 19.4. The van der Waals surface area contributed by atoms with Gasteiger partial charge >= 0.3 is 5.97 Å². The molecule has 0 saturated carbocycles. The monoisotopic (exact) mass is 444 g/mol. The Morgan fingerprint density at radius 1 is 1.03 bits per heavy atom. The Balaban J connectivity index is 1.69. The van der Waals surface area contributed by atoms with Crippen molar-refractivity contribution in [2.24, 2.45) is 5.16 Å². The molecule has 3 rings (SSSR count). The van der Waals surface area contributed by atoms with Gasteiger partial charge in [-0.05, 0) is 72.9 Å². The summed E-state index contributed by atoms with van der Waals surface area (Å²) in [6, 6.07) is 17.3. The first kappa shape index (κ1) is 23.7. The zero-order valence-electron chi connectivity index (χ0n) is 19.4. The third-order valence-corrected chi connectivity index (χ3v) is 5.15. The molecule has 0 aliphatic heterocycles. The number of hydrogen-bond donors (Lipinski definition) is 0. The highest BCUT2D eigenvalue weighted by atomic mass is 16.6. The van der Waals surface area contributed by atoms with Crippen LogP contribution in [0.5, 0.6) is 5.75 Å². The lowest BCUT2D eigenvalue weighted by Gasteiger charge is -2.15. The normalized spacial score (nSPS) is 11.5. The van der Waals surface area contributed by atoms with Crippen molar-refractivity contribution < 1.29 is 19.1 Å². The van der Waals surface area contributed by atoms with Crippen LogP contribution in [0.25, 0.3) is 5.57 Å². The van der Waals surface area contributed by atoms with Crippen molar-refractivity contribution in [2.45, 2.75) is 34.0 Å². The molecule has 1 heterocycles. The summed E-state index contributed by atoms with van der Waals surface area (Å²) in [5.41, 5.74) is 5.97. The number of esters is 1. The molecule has 0 atom stereocenters. The van der Waals surface area contributed by atoms with E-state index in [1.807, 2.05) is 75.4 Å². The van der Waals surface area contributed by atoms with Gasteiger partial charge in [0.1, 0.15) is 12.4 Å². The van der Waals surface area contributed by atoms with Crippen LogP contribution in [-0.2, 0) is 27.6 Å². The molecule has 1 aromatic heterocycles. The molecular weight excluding hydrogens is 416 g/mol. The molecule has 0 aliphatic rings. The number of ether oxygens (including phenoxy) is 2. The van der Waals surface area contributed by atoms with Gasteiger partial charge in [0.25, 0.3) is 0 Å². The van der Waals surface area contributed by atoms with E-state index in [1.165, 1.54) is 7.11 Å². The molecule has 170 valence electrons. The van der Waals surface area contributed by atoms with E-state index in [2.05, 4.69) is 10.1 Å². The minimum Gasteiger partial charge on any atom is -0.489 e. The summed E-state index contributed by atoms with van der Waals surface area (Å²) in [6.07, 6.45) is 5.17. The van der Waals surface area contributed by atoms with Gasteiger partial charge in [0.05, 0.1) is 24.6 Å². The van der Waals surface area contributed by atoms with Crippen LogP contribution in [0, 0.1) is 13.8 Å². The number of benzene rings is 2. The van der Waals surface area contributed by atoms with Crippen molar-refractivity contribution in [1.29, 1.82) is 0 Å². The van der Waals surface area contributed by atoms with Crippen LogP contribution < -0.4 is 4.74 Å². The highest BCUT2D eigenvalue weighted by molar-refractivity contribution is 6.16. The largest absolute Gasteiger partial charge is 0.489 e. The Morgan fingerprint density at radius 2 is 1.82 bits per heavy atom. The lowest BCUT2D eigenvalue weighted by molar-refractivity contribution is -0.133. The Labute approximate surface area is 194 Å². The Kier molecular flexibility index (Phi) is 8.36. The van der Waals surface area contributed by atoms with E-state index in [0.29, 0.717) is 18.8 Å². The van der Waals surface area contributed by atoms with E-state index < -0.39 is 0 Å². The molecule has 2 aromatic carbocycles. The summed E-state index contributed by atoms with van der Waals surface area (Å²) in [5.74, 6) is 0.403. The minimum atomic E-state index is -0.370. The standard InChI is InChI=1S/C27H28N2O4/c1-5-24(27(30)31-4)25-12-7-6-10-21(25)17-32-26-15-19(2)22(14-20(26)3)16-29-33-18-23-11-8-9-13-28-23/h5-16H,17-18H2,1-4H3. The van der Waals surface area contributed by atoms with Crippen LogP contribution in [0.1, 0.15) is 40.4 Å². The molecule has 0 unspecified atom stereocenters. The molecule has 0 bridgehead atoms. The lowest BCUT2D eigenvalue weighted by atomic mass is 10.00. The number of methoxy groups -OCH3 is 1. The summed E-state index contributed by atoms with van der Waals surface area (Å²) in [5, 5.41) is 4.07. The summed E-state index contributed by atoms with van der Waals surface area (Å²) in [4.78, 5) is 21.7. The van der Waals surface area contributed by atoms with Gasteiger partial charge in [-0.2, -0.15) is 0 Å². The highest BCUT2D eigenvalue weighted by Gasteiger charge is 2.15. The Bertz CT molecular complexity index is 1150. The van der Waals surface area contributed by atoms with Crippen LogP contribution in [0.2, 0.25) is 0 Å². The average Bonchev–Trinajstić information content (AvgIpc) is 2.84. The van der Waals surface area contributed by atoms with Gasteiger partial charge in [0.15, 0.2) is 6.61 Å². The second-order valence-corrected chi connectivity index (χ2v) is 7.44. The fraction of sp³-hybridized carbons (Fsp3) is 0.222. The zero-order chi connectivity index (χ0) is 23.6. The maximum Gasteiger partial charge on any atom is 0.338 e. The van der Waals surface area contributed by atoms with E-state index in [0.717, 1.165) is 39.3 Å². The van der Waals surface area contributed by atoms with Crippen molar-refractivity contribution in [3.05, 3.63) is 100 Å². The summed E-state index contributed by atoms with van der Waals surface area (Å²) >= 11 is 0. The van der Waals surface area contributed by atoms with Crippen LogP contribution in [0.3, 0.4) is 0 Å². The summed E-state index contributed by atoms with van der Waals surface area (Å²) < 4.78 is 11.0. The van der Waals surface area contributed by atoms with Crippen molar-refractivity contribution in [3.63, 3.8) is 0 Å². The molecular formula is C27H28N2O4. The van der Waals surface area contributed by atoms with Gasteiger partial charge < -0.3 is 14.3 Å². The molecule has 0 amide bonds. The number of aromatic nitrogens is 1. The number of carbonyl (C=O) groups excluding carboxylic acids is 1. The van der Waals surface area contributed by atoms with E-state index >= 15 is 0 Å². The molecule has 0 saturated heterocycles. The number of carbonyl (C=O) groups is 1. The SMILES string of the molecule is CC=C(C(=O)OC)c1ccccc1COc1cc(C)c(C=NOCc2ccccn2)cc1C. The molecule has 0 spiro atoms. The van der Waals surface area contributed by atoms with Crippen LogP contribution in [0.15, 0.2) is 72.0 Å². The lowest BCUT2D eigenvalue weighted by Crippen LogP contribution is -2.08. The van der Waals surface area contributed by atoms with Gasteiger partial charge in [-0.25, -0.2) is 4.79 Å². The van der Waals surface area contributed by atoms with E-state index in [-0.39, 0.29) is 5.97 Å². The Hall–Kier alpha value is -3.93. The first-order valence-corrected chi connectivity index (χ1v) is 10.7. The van der Waals surface area contributed by atoms with E-state index in [4.69, 9.17) is 14.3 Å². The number of aryl methyl sites for hydroxylation is 2. The first-order chi connectivity index (χ1) is 16.0. The number of pyridine rings is 1. The smallest absolute Gasteiger partial charge is 0.338 e. The second-order valence-electron chi connectivity index (χ2n) is 7.44.